The van der Waals surface area contributed by atoms with Gasteiger partial charge in [-0.25, -0.2) is 4.98 Å². The third-order valence-electron chi connectivity index (χ3n) is 5.21. The zero-order valence-corrected chi connectivity index (χ0v) is 15.9. The van der Waals surface area contributed by atoms with Gasteiger partial charge < -0.3 is 14.3 Å². The molecule has 0 amide bonds. The van der Waals surface area contributed by atoms with E-state index in [1.807, 2.05) is 28.8 Å². The fraction of sp³-hybridized carbons (Fsp3) is 0.263. The van der Waals surface area contributed by atoms with Gasteiger partial charge in [-0.1, -0.05) is 0 Å². The molecule has 1 aliphatic heterocycles. The van der Waals surface area contributed by atoms with Crippen LogP contribution in [0, 0.1) is 0 Å². The monoisotopic (exact) mass is 384 g/mol. The maximum atomic E-state index is 12.7. The topological polar surface area (TPSA) is 63.3 Å². The molecule has 0 aliphatic carbocycles. The third kappa shape index (κ3) is 2.55. The molecule has 0 spiro atoms. The number of H-pyrrole nitrogens is 1. The summed E-state index contributed by atoms with van der Waals surface area (Å²) in [6.45, 7) is 4.06. The minimum Gasteiger partial charge on any atom is -0.464 e. The molecule has 4 aromatic heterocycles. The molecule has 0 saturated heterocycles. The molecule has 7 heteroatoms. The van der Waals surface area contributed by atoms with Gasteiger partial charge in [-0.15, -0.1) is 22.7 Å². The minimum absolute atomic E-state index is 0.0852. The highest BCUT2D eigenvalue weighted by atomic mass is 32.1. The Morgan fingerprint density at radius 3 is 3.15 bits per heavy atom. The molecule has 0 bridgehead atoms. The average molecular weight is 385 g/mol. The van der Waals surface area contributed by atoms with Crippen molar-refractivity contribution in [2.24, 2.45) is 0 Å². The van der Waals surface area contributed by atoms with Gasteiger partial charge in [-0.05, 0) is 30.5 Å². The quantitative estimate of drug-likeness (QED) is 0.571. The van der Waals surface area contributed by atoms with E-state index in [9.17, 15) is 4.79 Å². The summed E-state index contributed by atoms with van der Waals surface area (Å²) in [6, 6.07) is 6.35. The van der Waals surface area contributed by atoms with Crippen LogP contribution in [-0.4, -0.2) is 16.5 Å². The Morgan fingerprint density at radius 2 is 2.31 bits per heavy atom. The molecule has 0 radical (unpaired) electrons. The number of aromatic nitrogens is 2. The molecule has 0 fully saturated rings. The van der Waals surface area contributed by atoms with Gasteiger partial charge in [0.2, 0.25) is 0 Å². The van der Waals surface area contributed by atoms with Crippen molar-refractivity contribution in [1.29, 1.82) is 0 Å². The van der Waals surface area contributed by atoms with E-state index >= 15 is 0 Å². The normalized spacial score (nSPS) is 19.7. The number of quaternary nitrogens is 1. The predicted octanol–water partition coefficient (Wildman–Crippen LogP) is 3.01. The summed E-state index contributed by atoms with van der Waals surface area (Å²) in [6.07, 6.45) is 2.72. The molecule has 2 atom stereocenters. The second-order valence-corrected chi connectivity index (χ2v) is 8.53. The average Bonchev–Trinajstić information content (AvgIpc) is 3.36. The van der Waals surface area contributed by atoms with E-state index in [0.29, 0.717) is 17.2 Å². The van der Waals surface area contributed by atoms with Crippen LogP contribution in [0.15, 0.2) is 44.4 Å². The Hall–Kier alpha value is -2.22. The minimum atomic E-state index is -0.0852. The lowest BCUT2D eigenvalue weighted by Crippen LogP contribution is -3.11. The van der Waals surface area contributed by atoms with Gasteiger partial charge in [-0.3, -0.25) is 4.79 Å². The number of rotatable bonds is 3. The van der Waals surface area contributed by atoms with Crippen molar-refractivity contribution >= 4 is 32.9 Å². The first-order valence-electron chi connectivity index (χ1n) is 8.66. The zero-order chi connectivity index (χ0) is 17.7. The van der Waals surface area contributed by atoms with Gasteiger partial charge in [0.05, 0.1) is 18.2 Å². The van der Waals surface area contributed by atoms with Crippen LogP contribution in [0.2, 0.25) is 0 Å². The first kappa shape index (κ1) is 16.0. The Balaban J connectivity index is 1.49. The van der Waals surface area contributed by atoms with Crippen LogP contribution in [-0.2, 0) is 13.0 Å². The highest BCUT2D eigenvalue weighted by Gasteiger charge is 2.29. The third-order valence-corrected chi connectivity index (χ3v) is 7.07. The number of thiophene rings is 2. The lowest BCUT2D eigenvalue weighted by molar-refractivity contribution is -0.945. The Kier molecular flexibility index (Phi) is 3.81. The van der Waals surface area contributed by atoms with Crippen LogP contribution in [0.3, 0.4) is 0 Å². The van der Waals surface area contributed by atoms with Gasteiger partial charge in [0.25, 0.3) is 5.56 Å². The van der Waals surface area contributed by atoms with Gasteiger partial charge >= 0.3 is 0 Å². The van der Waals surface area contributed by atoms with Crippen LogP contribution in [0.25, 0.3) is 21.5 Å². The largest absolute Gasteiger partial charge is 0.464 e. The molecule has 0 saturated carbocycles. The van der Waals surface area contributed by atoms with Crippen LogP contribution in [0.5, 0.6) is 0 Å². The molecule has 1 unspecified atom stereocenters. The predicted molar refractivity (Wildman–Crippen MR) is 104 cm³/mol. The Bertz CT molecular complexity index is 1120. The van der Waals surface area contributed by atoms with Crippen LogP contribution in [0.4, 0.5) is 0 Å². The highest BCUT2D eigenvalue weighted by Crippen LogP contribution is 2.31. The van der Waals surface area contributed by atoms with Crippen molar-refractivity contribution in [3.63, 3.8) is 0 Å². The first-order chi connectivity index (χ1) is 12.7. The van der Waals surface area contributed by atoms with Gasteiger partial charge in [0, 0.05) is 27.8 Å². The fourth-order valence-electron chi connectivity index (χ4n) is 3.80. The van der Waals surface area contributed by atoms with E-state index in [2.05, 4.69) is 23.4 Å². The highest BCUT2D eigenvalue weighted by molar-refractivity contribution is 7.17. The van der Waals surface area contributed by atoms with Crippen LogP contribution >= 0.6 is 22.7 Å². The van der Waals surface area contributed by atoms with Crippen molar-refractivity contribution in [3.8, 4) is 11.3 Å². The maximum Gasteiger partial charge on any atom is 0.260 e. The number of furan rings is 1. The van der Waals surface area contributed by atoms with E-state index < -0.39 is 0 Å². The summed E-state index contributed by atoms with van der Waals surface area (Å²) >= 11 is 3.34. The molecule has 26 heavy (non-hydrogen) atoms. The zero-order valence-electron chi connectivity index (χ0n) is 14.2. The molecule has 5 rings (SSSR count). The van der Waals surface area contributed by atoms with E-state index in [-0.39, 0.29) is 5.56 Å². The van der Waals surface area contributed by atoms with Crippen molar-refractivity contribution < 1.29 is 9.32 Å². The molecule has 132 valence electrons. The fourth-order valence-corrected chi connectivity index (χ4v) is 5.72. The molecule has 2 N–H and O–H groups in total. The standard InChI is InChI=1S/C19H17N3O2S2/c1-11-12-5-8-25-15(12)4-6-22(11)9-16-20-18(23)17-13(10-26-19(17)21-16)14-3-2-7-24-14/h2-3,5,7-8,10-11H,4,6,9H2,1H3,(H,20,21,23)/p+1/t11-/m1/s1. The number of nitrogens with zero attached hydrogens (tertiary/aromatic N) is 1. The molecule has 5 heterocycles. The Morgan fingerprint density at radius 1 is 1.38 bits per heavy atom. The number of hydrogen-bond acceptors (Lipinski definition) is 5. The van der Waals surface area contributed by atoms with Gasteiger partial charge in [-0.2, -0.15) is 0 Å². The van der Waals surface area contributed by atoms with Crippen molar-refractivity contribution in [2.75, 3.05) is 6.54 Å². The second kappa shape index (κ2) is 6.19. The Labute approximate surface area is 157 Å². The lowest BCUT2D eigenvalue weighted by atomic mass is 10.0. The number of aromatic amines is 1. The number of hydrogen-bond donors (Lipinski definition) is 2. The number of fused-ring (bicyclic) bond motifs is 2. The smallest absolute Gasteiger partial charge is 0.260 e. The summed E-state index contributed by atoms with van der Waals surface area (Å²) < 4.78 is 5.46. The maximum absolute atomic E-state index is 12.7. The molecule has 5 nitrogen and oxygen atoms in total. The summed E-state index contributed by atoms with van der Waals surface area (Å²) in [5, 5.41) is 4.75. The SMILES string of the molecule is C[C@@H]1c2ccsc2CC[NH+]1Cc1nc2scc(-c3ccco3)c2c(=O)[nH]1. The van der Waals surface area contributed by atoms with Gasteiger partial charge in [0.1, 0.15) is 23.2 Å². The summed E-state index contributed by atoms with van der Waals surface area (Å²) in [4.78, 5) is 24.2. The van der Waals surface area contributed by atoms with Crippen molar-refractivity contribution in [1.82, 2.24) is 9.97 Å². The second-order valence-electron chi connectivity index (χ2n) is 6.68. The molecular formula is C19H18N3O2S2+. The molecule has 4 aromatic rings. The van der Waals surface area contributed by atoms with E-state index in [0.717, 1.165) is 35.7 Å². The summed E-state index contributed by atoms with van der Waals surface area (Å²) in [5.74, 6) is 1.47. The van der Waals surface area contributed by atoms with Gasteiger partial charge in [0.15, 0.2) is 5.82 Å². The van der Waals surface area contributed by atoms with E-state index in [1.165, 1.54) is 26.7 Å². The van der Waals surface area contributed by atoms with Crippen molar-refractivity contribution in [2.45, 2.75) is 25.9 Å². The summed E-state index contributed by atoms with van der Waals surface area (Å²) in [5.41, 5.74) is 2.17. The van der Waals surface area contributed by atoms with Crippen LogP contribution < -0.4 is 10.5 Å². The van der Waals surface area contributed by atoms with Crippen molar-refractivity contribution in [3.05, 3.63) is 61.8 Å². The molecule has 1 aliphatic rings. The first-order valence-corrected chi connectivity index (χ1v) is 10.4. The van der Waals surface area contributed by atoms with E-state index in [1.54, 1.807) is 6.26 Å². The molecule has 0 aromatic carbocycles. The number of nitrogens with one attached hydrogen (secondary N) is 2. The summed E-state index contributed by atoms with van der Waals surface area (Å²) in [7, 11) is 0. The van der Waals surface area contributed by atoms with E-state index in [4.69, 9.17) is 9.40 Å². The molecular weight excluding hydrogens is 366 g/mol. The van der Waals surface area contributed by atoms with Crippen LogP contribution in [0.1, 0.15) is 29.2 Å². The lowest BCUT2D eigenvalue weighted by Gasteiger charge is -2.30.